The molecule has 168 valence electrons. The first-order chi connectivity index (χ1) is 14.8. The van der Waals surface area contributed by atoms with Crippen molar-refractivity contribution in [3.05, 3.63) is 23.3 Å². The van der Waals surface area contributed by atoms with Gasteiger partial charge in [0.1, 0.15) is 11.7 Å². The van der Waals surface area contributed by atoms with Gasteiger partial charge in [-0.05, 0) is 82.9 Å². The molecule has 6 atom stereocenters. The third-order valence-electron chi connectivity index (χ3n) is 10.5. The van der Waals surface area contributed by atoms with Gasteiger partial charge < -0.3 is 19.7 Å². The van der Waals surface area contributed by atoms with Crippen LogP contribution in [0.5, 0.6) is 11.5 Å². The predicted octanol–water partition coefficient (Wildman–Crippen LogP) is 3.39. The average molecular weight is 426 g/mol. The molecule has 1 unspecified atom stereocenters. The lowest BCUT2D eigenvalue weighted by atomic mass is 9.34. The van der Waals surface area contributed by atoms with E-state index in [1.54, 1.807) is 0 Å². The second-order valence-electron chi connectivity index (χ2n) is 12.1. The van der Waals surface area contributed by atoms with Crippen LogP contribution in [0, 0.1) is 17.3 Å². The van der Waals surface area contributed by atoms with Crippen molar-refractivity contribution in [2.75, 3.05) is 20.2 Å². The van der Waals surface area contributed by atoms with Crippen LogP contribution >= 0.6 is 0 Å². The molecule has 2 aliphatic heterocycles. The van der Waals surface area contributed by atoms with Gasteiger partial charge >= 0.3 is 0 Å². The fourth-order valence-electron chi connectivity index (χ4n) is 9.23. The molecular formula is C26H35NO4. The number of rotatable bonds is 4. The fourth-order valence-corrected chi connectivity index (χ4v) is 9.23. The number of fused-ring (bicyclic) bond motifs is 2. The molecule has 4 saturated carbocycles. The van der Waals surface area contributed by atoms with Crippen LogP contribution < -0.4 is 4.74 Å². The van der Waals surface area contributed by atoms with Crippen LogP contribution in [0.4, 0.5) is 0 Å². The van der Waals surface area contributed by atoms with E-state index in [2.05, 4.69) is 11.0 Å². The highest BCUT2D eigenvalue weighted by atomic mass is 16.6. The Morgan fingerprint density at radius 3 is 2.74 bits per heavy atom. The number of hydrogen-bond acceptors (Lipinski definition) is 5. The van der Waals surface area contributed by atoms with Crippen molar-refractivity contribution in [2.24, 2.45) is 17.3 Å². The van der Waals surface area contributed by atoms with Gasteiger partial charge in [-0.3, -0.25) is 4.90 Å². The number of aromatic hydroxyl groups is 1. The Morgan fingerprint density at radius 1 is 1.23 bits per heavy atom. The molecule has 2 heterocycles. The van der Waals surface area contributed by atoms with Gasteiger partial charge in [-0.1, -0.05) is 6.07 Å². The van der Waals surface area contributed by atoms with Crippen molar-refractivity contribution in [1.82, 2.24) is 4.90 Å². The molecule has 5 heteroatoms. The van der Waals surface area contributed by atoms with E-state index < -0.39 is 11.2 Å². The highest BCUT2D eigenvalue weighted by Gasteiger charge is 2.81. The van der Waals surface area contributed by atoms with Gasteiger partial charge in [0.2, 0.25) is 0 Å². The summed E-state index contributed by atoms with van der Waals surface area (Å²) in [4.78, 5) is 2.81. The van der Waals surface area contributed by atoms with Gasteiger partial charge in [-0.25, -0.2) is 0 Å². The standard InChI is InChI=1S/C26H35NO4/c1-23(2,29)18-13-24-8-9-26(18,30-3)22-25(24)10-11-27(14-15-4-5-15)19(24)12-16-6-7-17(28)21(31-22)20(16)25/h6-7,15,18-19,22,28-29H,4-5,8-14H2,1-3H3/t18-,19-,22-,24-,25+,26?/m1/s1. The zero-order chi connectivity index (χ0) is 21.4. The lowest BCUT2D eigenvalue weighted by molar-refractivity contribution is -0.300. The van der Waals surface area contributed by atoms with E-state index >= 15 is 0 Å². The smallest absolute Gasteiger partial charge is 0.165 e. The average Bonchev–Trinajstić information content (AvgIpc) is 3.47. The Labute approximate surface area is 184 Å². The predicted molar refractivity (Wildman–Crippen MR) is 116 cm³/mol. The molecule has 8 rings (SSSR count). The third-order valence-corrected chi connectivity index (χ3v) is 10.5. The molecule has 7 aliphatic rings. The van der Waals surface area contributed by atoms with Crippen molar-refractivity contribution < 1.29 is 19.7 Å². The number of benzene rings is 1. The summed E-state index contributed by atoms with van der Waals surface area (Å²) in [6.45, 7) is 6.23. The summed E-state index contributed by atoms with van der Waals surface area (Å²) in [7, 11) is 1.81. The first-order valence-corrected chi connectivity index (χ1v) is 12.3. The molecule has 5 nitrogen and oxygen atoms in total. The Kier molecular flexibility index (Phi) is 3.47. The summed E-state index contributed by atoms with van der Waals surface area (Å²) >= 11 is 0. The summed E-state index contributed by atoms with van der Waals surface area (Å²) in [5.41, 5.74) is 1.24. The summed E-state index contributed by atoms with van der Waals surface area (Å²) in [5, 5.41) is 22.2. The molecule has 1 aromatic rings. The number of nitrogens with zero attached hydrogens (tertiary/aromatic N) is 1. The Hall–Kier alpha value is -1.30. The first-order valence-electron chi connectivity index (χ1n) is 12.3. The third kappa shape index (κ3) is 2.02. The van der Waals surface area contributed by atoms with Crippen molar-refractivity contribution in [1.29, 1.82) is 0 Å². The first kappa shape index (κ1) is 19.2. The highest BCUT2D eigenvalue weighted by molar-refractivity contribution is 5.63. The number of aliphatic hydroxyl groups is 1. The van der Waals surface area contributed by atoms with Gasteiger partial charge in [0.15, 0.2) is 11.5 Å². The fraction of sp³-hybridized carbons (Fsp3) is 0.769. The second kappa shape index (κ2) is 5.60. The summed E-state index contributed by atoms with van der Waals surface area (Å²) < 4.78 is 13.2. The van der Waals surface area contributed by atoms with Gasteiger partial charge in [0.05, 0.1) is 5.60 Å². The van der Waals surface area contributed by atoms with Gasteiger partial charge in [-0.2, -0.15) is 0 Å². The van der Waals surface area contributed by atoms with E-state index in [-0.39, 0.29) is 28.6 Å². The quantitative estimate of drug-likeness (QED) is 0.774. The van der Waals surface area contributed by atoms with E-state index in [1.165, 1.54) is 30.5 Å². The highest BCUT2D eigenvalue weighted by Crippen LogP contribution is 2.77. The maximum atomic E-state index is 11.4. The van der Waals surface area contributed by atoms with E-state index in [0.29, 0.717) is 11.8 Å². The number of hydrogen-bond donors (Lipinski definition) is 2. The zero-order valence-electron chi connectivity index (χ0n) is 19.0. The monoisotopic (exact) mass is 425 g/mol. The minimum atomic E-state index is -0.846. The number of phenolic OH excluding ortho intramolecular Hbond substituents is 1. The van der Waals surface area contributed by atoms with Crippen LogP contribution in [0.25, 0.3) is 0 Å². The molecule has 4 bridgehead atoms. The number of ether oxygens (including phenoxy) is 2. The molecular weight excluding hydrogens is 390 g/mol. The number of piperidine rings is 1. The van der Waals surface area contributed by atoms with Crippen LogP contribution in [0.2, 0.25) is 0 Å². The van der Waals surface area contributed by atoms with Crippen LogP contribution in [-0.2, 0) is 16.6 Å². The van der Waals surface area contributed by atoms with Crippen LogP contribution in [-0.4, -0.2) is 58.7 Å². The van der Waals surface area contributed by atoms with E-state index in [0.717, 1.165) is 44.6 Å². The summed E-state index contributed by atoms with van der Waals surface area (Å²) in [6.07, 6.45) is 7.72. The molecule has 2 spiro atoms. The van der Waals surface area contributed by atoms with E-state index in [4.69, 9.17) is 9.47 Å². The molecule has 2 N–H and O–H groups in total. The zero-order valence-corrected chi connectivity index (χ0v) is 19.0. The molecule has 0 aromatic heterocycles. The van der Waals surface area contributed by atoms with Crippen molar-refractivity contribution in [3.8, 4) is 11.5 Å². The second-order valence-corrected chi connectivity index (χ2v) is 12.1. The summed E-state index contributed by atoms with van der Waals surface area (Å²) in [6, 6.07) is 4.46. The minimum Gasteiger partial charge on any atom is -0.504 e. The SMILES string of the molecule is COC12CC[C@@]3(C[C@@H]1C(C)(C)O)[C@H]1Cc4ccc(O)c5c4[C@@]3(CCN1CC1CC1)[C@H]2O5. The number of likely N-dealkylation sites (tertiary alicyclic amines) is 1. The van der Waals surface area contributed by atoms with E-state index in [1.807, 2.05) is 27.0 Å². The summed E-state index contributed by atoms with van der Waals surface area (Å²) in [5.74, 6) is 1.86. The Bertz CT molecular complexity index is 967. The molecule has 31 heavy (non-hydrogen) atoms. The molecule has 5 aliphatic carbocycles. The van der Waals surface area contributed by atoms with Crippen LogP contribution in [0.3, 0.4) is 0 Å². The Balaban J connectivity index is 1.49. The molecule has 5 fully saturated rings. The van der Waals surface area contributed by atoms with Crippen molar-refractivity contribution >= 4 is 0 Å². The normalized spacial score (nSPS) is 44.8. The minimum absolute atomic E-state index is 0.0123. The van der Waals surface area contributed by atoms with E-state index in [9.17, 15) is 10.2 Å². The van der Waals surface area contributed by atoms with Gasteiger partial charge in [0, 0.05) is 42.0 Å². The van der Waals surface area contributed by atoms with Crippen LogP contribution in [0.1, 0.15) is 63.5 Å². The van der Waals surface area contributed by atoms with Gasteiger partial charge in [0.25, 0.3) is 0 Å². The Morgan fingerprint density at radius 2 is 2.03 bits per heavy atom. The topological polar surface area (TPSA) is 62.2 Å². The maximum absolute atomic E-state index is 11.4. The largest absolute Gasteiger partial charge is 0.504 e. The maximum Gasteiger partial charge on any atom is 0.165 e. The van der Waals surface area contributed by atoms with Crippen molar-refractivity contribution in [3.63, 3.8) is 0 Å². The molecule has 1 aromatic carbocycles. The van der Waals surface area contributed by atoms with Gasteiger partial charge in [-0.15, -0.1) is 0 Å². The molecule has 0 radical (unpaired) electrons. The van der Waals surface area contributed by atoms with Crippen LogP contribution in [0.15, 0.2) is 12.1 Å². The number of methoxy groups -OCH3 is 1. The molecule has 1 saturated heterocycles. The number of phenols is 1. The van der Waals surface area contributed by atoms with Crippen molar-refractivity contribution in [2.45, 2.75) is 87.6 Å². The lowest BCUT2D eigenvalue weighted by Gasteiger charge is -2.75. The lowest BCUT2D eigenvalue weighted by Crippen LogP contribution is -2.82. The molecule has 0 amide bonds.